The summed E-state index contributed by atoms with van der Waals surface area (Å²) in [4.78, 5) is 11.2. The summed E-state index contributed by atoms with van der Waals surface area (Å²) in [6.07, 6.45) is -2.90. The molecule has 1 aromatic rings. The molecule has 0 aromatic heterocycles. The third-order valence-electron chi connectivity index (χ3n) is 3.47. The van der Waals surface area contributed by atoms with Crippen LogP contribution in [0.25, 0.3) is 0 Å². The number of aldehydes is 1. The molecule has 0 radical (unpaired) electrons. The van der Waals surface area contributed by atoms with Crippen molar-refractivity contribution in [2.75, 3.05) is 7.11 Å². The Kier molecular flexibility index (Phi) is 3.91. The van der Waals surface area contributed by atoms with Crippen molar-refractivity contribution in [3.05, 3.63) is 59.4 Å². The Balaban J connectivity index is 2.56. The highest BCUT2D eigenvalue weighted by atomic mass is 19.4. The van der Waals surface area contributed by atoms with Crippen molar-refractivity contribution >= 4 is 6.29 Å². The number of ether oxygens (including phenoxy) is 1. The Hall–Kier alpha value is -2.08. The Morgan fingerprint density at radius 3 is 2.38 bits per heavy atom. The second kappa shape index (κ2) is 5.37. The normalized spacial score (nSPS) is 26.0. The van der Waals surface area contributed by atoms with Crippen LogP contribution in [-0.2, 0) is 9.53 Å². The van der Waals surface area contributed by atoms with Gasteiger partial charge in [-0.25, -0.2) is 0 Å². The lowest BCUT2D eigenvalue weighted by molar-refractivity contribution is -0.244. The van der Waals surface area contributed by atoms with E-state index in [2.05, 4.69) is 4.74 Å². The van der Waals surface area contributed by atoms with E-state index in [0.29, 0.717) is 17.9 Å². The van der Waals surface area contributed by atoms with Crippen LogP contribution in [0.1, 0.15) is 11.5 Å². The molecule has 3 nitrogen and oxygen atoms in total. The van der Waals surface area contributed by atoms with Crippen LogP contribution in [0.4, 0.5) is 13.2 Å². The lowest BCUT2D eigenvalue weighted by Crippen LogP contribution is -2.49. The van der Waals surface area contributed by atoms with Crippen LogP contribution >= 0.6 is 0 Å². The third-order valence-corrected chi connectivity index (χ3v) is 3.47. The first kappa shape index (κ1) is 15.3. The number of hydrogen-bond acceptors (Lipinski definition) is 3. The van der Waals surface area contributed by atoms with Gasteiger partial charge in [-0.1, -0.05) is 30.3 Å². The van der Waals surface area contributed by atoms with Gasteiger partial charge in [0.15, 0.2) is 0 Å². The summed E-state index contributed by atoms with van der Waals surface area (Å²) in [5, 5.41) is 9.86. The lowest BCUT2D eigenvalue weighted by Gasteiger charge is -2.35. The smallest absolute Gasteiger partial charge is 0.428 e. The summed E-state index contributed by atoms with van der Waals surface area (Å²) in [5.41, 5.74) is -2.48. The van der Waals surface area contributed by atoms with Gasteiger partial charge in [0.1, 0.15) is 12.0 Å². The Bertz CT molecular complexity index is 590. The molecule has 0 heterocycles. The van der Waals surface area contributed by atoms with E-state index in [4.69, 9.17) is 0 Å². The Morgan fingerprint density at radius 2 is 1.90 bits per heavy atom. The van der Waals surface area contributed by atoms with Gasteiger partial charge >= 0.3 is 6.18 Å². The maximum atomic E-state index is 13.2. The van der Waals surface area contributed by atoms with Crippen molar-refractivity contribution in [1.29, 1.82) is 0 Å². The fourth-order valence-electron chi connectivity index (χ4n) is 2.34. The van der Waals surface area contributed by atoms with Crippen LogP contribution in [-0.4, -0.2) is 30.3 Å². The monoisotopic (exact) mass is 298 g/mol. The number of aliphatic hydroxyl groups is 1. The summed E-state index contributed by atoms with van der Waals surface area (Å²) in [6, 6.07) is 8.48. The quantitative estimate of drug-likeness (QED) is 0.871. The average molecular weight is 298 g/mol. The fourth-order valence-corrected chi connectivity index (χ4v) is 2.34. The number of allylic oxidation sites excluding steroid dienone is 2. The van der Waals surface area contributed by atoms with Gasteiger partial charge in [-0.2, -0.15) is 13.2 Å². The van der Waals surface area contributed by atoms with E-state index in [1.54, 1.807) is 30.3 Å². The van der Waals surface area contributed by atoms with E-state index in [0.717, 1.165) is 13.2 Å². The maximum absolute atomic E-state index is 13.2. The van der Waals surface area contributed by atoms with Crippen LogP contribution in [0.2, 0.25) is 0 Å². The summed E-state index contributed by atoms with van der Waals surface area (Å²) in [5.74, 6) is -1.72. The standard InChI is InChI=1S/C15H13F3O3/c1-21-14(15(16,17)18)8-11(9-19)12(7-13(14)20)10-5-3-2-4-6-10/h2-9,12,20H,1H3. The third kappa shape index (κ3) is 2.47. The van der Waals surface area contributed by atoms with E-state index >= 15 is 0 Å². The molecular weight excluding hydrogens is 285 g/mol. The van der Waals surface area contributed by atoms with E-state index in [9.17, 15) is 23.1 Å². The molecule has 1 aromatic carbocycles. The molecule has 0 saturated carbocycles. The SMILES string of the molecule is COC1(C(F)(F)F)C=C(C=O)C(c2ccccc2)C=C1O. The van der Waals surface area contributed by atoms with E-state index in [-0.39, 0.29) is 5.57 Å². The molecule has 2 atom stereocenters. The van der Waals surface area contributed by atoms with Crippen molar-refractivity contribution in [1.82, 2.24) is 0 Å². The molecule has 0 bridgehead atoms. The number of rotatable bonds is 3. The molecule has 0 amide bonds. The molecule has 1 aliphatic carbocycles. The molecule has 2 unspecified atom stereocenters. The predicted octanol–water partition coefficient (Wildman–Crippen LogP) is 3.30. The van der Waals surface area contributed by atoms with E-state index < -0.39 is 23.5 Å². The molecule has 21 heavy (non-hydrogen) atoms. The highest BCUT2D eigenvalue weighted by Gasteiger charge is 2.59. The molecule has 1 N–H and O–H groups in total. The van der Waals surface area contributed by atoms with Gasteiger partial charge in [-0.15, -0.1) is 0 Å². The summed E-state index contributed by atoms with van der Waals surface area (Å²) in [6.45, 7) is 0. The van der Waals surface area contributed by atoms with Crippen molar-refractivity contribution in [3.63, 3.8) is 0 Å². The number of carbonyl (C=O) groups is 1. The number of benzene rings is 1. The maximum Gasteiger partial charge on any atom is 0.428 e. The molecular formula is C15H13F3O3. The van der Waals surface area contributed by atoms with Gasteiger partial charge in [0.25, 0.3) is 0 Å². The molecule has 6 heteroatoms. The highest BCUT2D eigenvalue weighted by molar-refractivity contribution is 5.78. The minimum Gasteiger partial charge on any atom is -0.509 e. The van der Waals surface area contributed by atoms with Crippen molar-refractivity contribution in [3.8, 4) is 0 Å². The van der Waals surface area contributed by atoms with Crippen LogP contribution < -0.4 is 0 Å². The average Bonchev–Trinajstić information content (AvgIpc) is 2.46. The first-order valence-electron chi connectivity index (χ1n) is 6.11. The zero-order chi connectivity index (χ0) is 15.7. The molecule has 0 aliphatic heterocycles. The molecule has 112 valence electrons. The molecule has 1 aliphatic rings. The summed E-state index contributed by atoms with van der Waals surface area (Å²) >= 11 is 0. The first-order valence-corrected chi connectivity index (χ1v) is 6.11. The second-order valence-corrected chi connectivity index (χ2v) is 4.64. The number of halogens is 3. The number of aliphatic hydroxyl groups excluding tert-OH is 1. The van der Waals surface area contributed by atoms with Crippen LogP contribution in [0.15, 0.2) is 53.8 Å². The molecule has 0 saturated heterocycles. The second-order valence-electron chi connectivity index (χ2n) is 4.64. The topological polar surface area (TPSA) is 46.5 Å². The van der Waals surface area contributed by atoms with Crippen LogP contribution in [0.5, 0.6) is 0 Å². The van der Waals surface area contributed by atoms with Crippen molar-refractivity contribution in [2.24, 2.45) is 0 Å². The van der Waals surface area contributed by atoms with Gasteiger partial charge in [0.2, 0.25) is 5.60 Å². The lowest BCUT2D eigenvalue weighted by atomic mass is 9.81. The highest BCUT2D eigenvalue weighted by Crippen LogP contribution is 2.45. The van der Waals surface area contributed by atoms with Gasteiger partial charge in [0, 0.05) is 18.6 Å². The predicted molar refractivity (Wildman–Crippen MR) is 69.8 cm³/mol. The minimum atomic E-state index is -4.88. The first-order chi connectivity index (χ1) is 9.85. The summed E-state index contributed by atoms with van der Waals surface area (Å²) < 4.78 is 44.1. The van der Waals surface area contributed by atoms with Gasteiger partial charge in [-0.05, 0) is 17.7 Å². The number of hydrogen-bond donors (Lipinski definition) is 1. The number of methoxy groups -OCH3 is 1. The molecule has 0 fully saturated rings. The molecule has 2 rings (SSSR count). The van der Waals surface area contributed by atoms with Gasteiger partial charge < -0.3 is 9.84 Å². The van der Waals surface area contributed by atoms with E-state index in [1.807, 2.05) is 0 Å². The largest absolute Gasteiger partial charge is 0.509 e. The van der Waals surface area contributed by atoms with Crippen LogP contribution in [0, 0.1) is 0 Å². The summed E-state index contributed by atoms with van der Waals surface area (Å²) in [7, 11) is 0.833. The van der Waals surface area contributed by atoms with Gasteiger partial charge in [-0.3, -0.25) is 4.79 Å². The number of alkyl halides is 3. The Labute approximate surface area is 119 Å². The Morgan fingerprint density at radius 1 is 1.29 bits per heavy atom. The van der Waals surface area contributed by atoms with Gasteiger partial charge in [0.05, 0.1) is 0 Å². The van der Waals surface area contributed by atoms with Crippen LogP contribution in [0.3, 0.4) is 0 Å². The zero-order valence-corrected chi connectivity index (χ0v) is 11.1. The fraction of sp³-hybridized carbons (Fsp3) is 0.267. The number of carbonyl (C=O) groups excluding carboxylic acids is 1. The van der Waals surface area contributed by atoms with E-state index in [1.165, 1.54) is 0 Å². The molecule has 0 spiro atoms. The minimum absolute atomic E-state index is 0.113. The van der Waals surface area contributed by atoms with Crippen molar-refractivity contribution in [2.45, 2.75) is 17.7 Å². The zero-order valence-electron chi connectivity index (χ0n) is 11.1. The van der Waals surface area contributed by atoms with Crippen molar-refractivity contribution < 1.29 is 27.8 Å².